The molecule has 1 N–H and O–H groups in total. The average Bonchev–Trinajstić information content (AvgIpc) is 2.47. The van der Waals surface area contributed by atoms with Gasteiger partial charge in [0.05, 0.1) is 0 Å². The standard InChI is InChI=1S/C17H18Cl2N2/c1-20-13-5-3-11(4-6-13)15-9-21(2)10-16-14(15)7-12(18)8-17(16)19/h3-8,15,20H,9-10H2,1-2H3. The summed E-state index contributed by atoms with van der Waals surface area (Å²) in [5, 5.41) is 4.62. The highest BCUT2D eigenvalue weighted by atomic mass is 35.5. The van der Waals surface area contributed by atoms with Crippen LogP contribution in [0.25, 0.3) is 0 Å². The van der Waals surface area contributed by atoms with E-state index in [-0.39, 0.29) is 0 Å². The first-order valence-corrected chi connectivity index (χ1v) is 7.78. The van der Waals surface area contributed by atoms with E-state index in [1.165, 1.54) is 16.7 Å². The van der Waals surface area contributed by atoms with Gasteiger partial charge in [0, 0.05) is 41.8 Å². The molecule has 2 aromatic carbocycles. The third-order valence-corrected chi connectivity index (χ3v) is 4.65. The van der Waals surface area contributed by atoms with Gasteiger partial charge in [-0.2, -0.15) is 0 Å². The molecule has 0 aromatic heterocycles. The molecule has 2 aromatic rings. The van der Waals surface area contributed by atoms with Crippen LogP contribution in [-0.4, -0.2) is 25.5 Å². The smallest absolute Gasteiger partial charge is 0.0468 e. The molecule has 1 aliphatic rings. The van der Waals surface area contributed by atoms with Gasteiger partial charge in [0.1, 0.15) is 0 Å². The molecule has 3 rings (SSSR count). The number of nitrogens with zero attached hydrogens (tertiary/aromatic N) is 1. The summed E-state index contributed by atoms with van der Waals surface area (Å²) >= 11 is 12.6. The maximum Gasteiger partial charge on any atom is 0.0468 e. The van der Waals surface area contributed by atoms with Crippen LogP contribution in [0.5, 0.6) is 0 Å². The molecule has 1 atom stereocenters. The van der Waals surface area contributed by atoms with Crippen molar-refractivity contribution >= 4 is 28.9 Å². The fourth-order valence-corrected chi connectivity index (χ4v) is 3.58. The highest BCUT2D eigenvalue weighted by Crippen LogP contribution is 2.38. The minimum Gasteiger partial charge on any atom is -0.388 e. The Morgan fingerprint density at radius 1 is 1.14 bits per heavy atom. The molecule has 1 aliphatic heterocycles. The summed E-state index contributed by atoms with van der Waals surface area (Å²) in [6, 6.07) is 12.5. The normalized spacial score (nSPS) is 18.4. The highest BCUT2D eigenvalue weighted by Gasteiger charge is 2.26. The van der Waals surface area contributed by atoms with Gasteiger partial charge in [-0.3, -0.25) is 0 Å². The second kappa shape index (κ2) is 5.88. The van der Waals surface area contributed by atoms with E-state index in [2.05, 4.69) is 47.6 Å². The molecule has 4 heteroatoms. The summed E-state index contributed by atoms with van der Waals surface area (Å²) in [5.74, 6) is 0.306. The maximum absolute atomic E-state index is 6.39. The van der Waals surface area contributed by atoms with Crippen LogP contribution in [0.1, 0.15) is 22.6 Å². The van der Waals surface area contributed by atoms with E-state index in [4.69, 9.17) is 23.2 Å². The lowest BCUT2D eigenvalue weighted by Crippen LogP contribution is -2.31. The molecule has 1 heterocycles. The van der Waals surface area contributed by atoms with Crippen molar-refractivity contribution in [2.75, 3.05) is 26.0 Å². The second-order valence-electron chi connectivity index (χ2n) is 5.58. The van der Waals surface area contributed by atoms with Crippen LogP contribution in [0.4, 0.5) is 5.69 Å². The molecule has 1 unspecified atom stereocenters. The summed E-state index contributed by atoms with van der Waals surface area (Å²) in [6.45, 7) is 1.85. The van der Waals surface area contributed by atoms with Gasteiger partial charge in [-0.25, -0.2) is 0 Å². The average molecular weight is 321 g/mol. The number of hydrogen-bond acceptors (Lipinski definition) is 2. The van der Waals surface area contributed by atoms with Crippen LogP contribution in [0.2, 0.25) is 10.0 Å². The summed E-state index contributed by atoms with van der Waals surface area (Å²) in [6.07, 6.45) is 0. The van der Waals surface area contributed by atoms with Gasteiger partial charge >= 0.3 is 0 Å². The van der Waals surface area contributed by atoms with E-state index in [0.29, 0.717) is 10.9 Å². The Labute approximate surface area is 135 Å². The Hall–Kier alpha value is -1.22. The van der Waals surface area contributed by atoms with E-state index in [9.17, 15) is 0 Å². The third kappa shape index (κ3) is 2.89. The zero-order chi connectivity index (χ0) is 15.0. The van der Waals surface area contributed by atoms with Crippen molar-refractivity contribution in [1.29, 1.82) is 0 Å². The topological polar surface area (TPSA) is 15.3 Å². The number of likely N-dealkylation sites (N-methyl/N-ethyl adjacent to an activating group) is 1. The summed E-state index contributed by atoms with van der Waals surface area (Å²) in [7, 11) is 4.06. The Morgan fingerprint density at radius 3 is 2.52 bits per heavy atom. The summed E-state index contributed by atoms with van der Waals surface area (Å²) < 4.78 is 0. The van der Waals surface area contributed by atoms with Crippen LogP contribution >= 0.6 is 23.2 Å². The highest BCUT2D eigenvalue weighted by molar-refractivity contribution is 6.35. The van der Waals surface area contributed by atoms with Crippen LogP contribution in [-0.2, 0) is 6.54 Å². The Morgan fingerprint density at radius 2 is 1.86 bits per heavy atom. The van der Waals surface area contributed by atoms with Crippen molar-refractivity contribution in [2.45, 2.75) is 12.5 Å². The number of halogens is 2. The molecule has 0 bridgehead atoms. The van der Waals surface area contributed by atoms with Crippen molar-refractivity contribution < 1.29 is 0 Å². The molecule has 110 valence electrons. The number of anilines is 1. The van der Waals surface area contributed by atoms with E-state index < -0.39 is 0 Å². The molecule has 0 fully saturated rings. The number of hydrogen-bond donors (Lipinski definition) is 1. The molecular weight excluding hydrogens is 303 g/mol. The number of benzene rings is 2. The molecule has 2 nitrogen and oxygen atoms in total. The largest absolute Gasteiger partial charge is 0.388 e. The fourth-order valence-electron chi connectivity index (χ4n) is 3.01. The summed E-state index contributed by atoms with van der Waals surface area (Å²) in [4.78, 5) is 2.30. The van der Waals surface area contributed by atoms with Crippen LogP contribution in [0, 0.1) is 0 Å². The van der Waals surface area contributed by atoms with Gasteiger partial charge in [0.25, 0.3) is 0 Å². The summed E-state index contributed by atoms with van der Waals surface area (Å²) in [5.41, 5.74) is 4.85. The van der Waals surface area contributed by atoms with Gasteiger partial charge in [0.15, 0.2) is 0 Å². The van der Waals surface area contributed by atoms with E-state index >= 15 is 0 Å². The quantitative estimate of drug-likeness (QED) is 0.869. The number of rotatable bonds is 2. The second-order valence-corrected chi connectivity index (χ2v) is 6.42. The van der Waals surface area contributed by atoms with Gasteiger partial charge in [-0.05, 0) is 48.0 Å². The fraction of sp³-hybridized carbons (Fsp3) is 0.294. The molecule has 0 radical (unpaired) electrons. The SMILES string of the molecule is CNc1ccc(C2CN(C)Cc3c(Cl)cc(Cl)cc32)cc1. The zero-order valence-electron chi connectivity index (χ0n) is 12.2. The van der Waals surface area contributed by atoms with Gasteiger partial charge in [-0.15, -0.1) is 0 Å². The van der Waals surface area contributed by atoms with Crippen molar-refractivity contribution in [3.05, 3.63) is 63.1 Å². The maximum atomic E-state index is 6.39. The van der Waals surface area contributed by atoms with E-state index in [1.807, 2.05) is 13.1 Å². The minimum absolute atomic E-state index is 0.306. The lowest BCUT2D eigenvalue weighted by Gasteiger charge is -2.33. The predicted octanol–water partition coefficient (Wildman–Crippen LogP) is 4.61. The van der Waals surface area contributed by atoms with Gasteiger partial charge < -0.3 is 10.2 Å². The zero-order valence-corrected chi connectivity index (χ0v) is 13.7. The third-order valence-electron chi connectivity index (χ3n) is 4.09. The number of fused-ring (bicyclic) bond motifs is 1. The van der Waals surface area contributed by atoms with E-state index in [0.717, 1.165) is 23.8 Å². The Kier molecular flexibility index (Phi) is 4.12. The Bertz CT molecular complexity index is 653. The lowest BCUT2D eigenvalue weighted by molar-refractivity contribution is 0.295. The molecule has 0 saturated heterocycles. The molecule has 21 heavy (non-hydrogen) atoms. The molecule has 0 saturated carbocycles. The van der Waals surface area contributed by atoms with Crippen molar-refractivity contribution in [3.63, 3.8) is 0 Å². The van der Waals surface area contributed by atoms with Gasteiger partial charge in [-0.1, -0.05) is 35.3 Å². The first-order valence-electron chi connectivity index (χ1n) is 7.02. The molecular formula is C17H18Cl2N2. The molecule has 0 spiro atoms. The molecule has 0 aliphatic carbocycles. The minimum atomic E-state index is 0.306. The first kappa shape index (κ1) is 14.7. The monoisotopic (exact) mass is 320 g/mol. The Balaban J connectivity index is 2.07. The van der Waals surface area contributed by atoms with Crippen molar-refractivity contribution in [3.8, 4) is 0 Å². The van der Waals surface area contributed by atoms with Gasteiger partial charge in [0.2, 0.25) is 0 Å². The lowest BCUT2D eigenvalue weighted by atomic mass is 9.85. The first-order chi connectivity index (χ1) is 10.1. The predicted molar refractivity (Wildman–Crippen MR) is 90.6 cm³/mol. The van der Waals surface area contributed by atoms with Crippen LogP contribution in [0.15, 0.2) is 36.4 Å². The van der Waals surface area contributed by atoms with Crippen LogP contribution in [0.3, 0.4) is 0 Å². The van der Waals surface area contributed by atoms with Crippen LogP contribution < -0.4 is 5.32 Å². The van der Waals surface area contributed by atoms with E-state index in [1.54, 1.807) is 0 Å². The van der Waals surface area contributed by atoms with Crippen molar-refractivity contribution in [1.82, 2.24) is 4.90 Å². The van der Waals surface area contributed by atoms with Crippen molar-refractivity contribution in [2.24, 2.45) is 0 Å². The molecule has 0 amide bonds. The number of nitrogens with one attached hydrogen (secondary N) is 1.